The van der Waals surface area contributed by atoms with Gasteiger partial charge in [0, 0.05) is 12.3 Å². The monoisotopic (exact) mass is 290 g/mol. The third-order valence-electron chi connectivity index (χ3n) is 2.72. The SMILES string of the molecule is O=C(O)c1cc(Cl)c2nnc(-c3cccc(=O)[nH]3)n2c1. The lowest BCUT2D eigenvalue weighted by molar-refractivity contribution is 0.0696. The van der Waals surface area contributed by atoms with Crippen LogP contribution in [0.2, 0.25) is 5.02 Å². The van der Waals surface area contributed by atoms with Gasteiger partial charge in [0.15, 0.2) is 11.5 Å². The molecule has 20 heavy (non-hydrogen) atoms. The van der Waals surface area contributed by atoms with E-state index in [4.69, 9.17) is 16.7 Å². The van der Waals surface area contributed by atoms with Crippen molar-refractivity contribution in [1.82, 2.24) is 19.6 Å². The fraction of sp³-hybridized carbons (Fsp3) is 0. The van der Waals surface area contributed by atoms with Gasteiger partial charge < -0.3 is 10.1 Å². The van der Waals surface area contributed by atoms with E-state index in [1.165, 1.54) is 22.7 Å². The molecule has 3 heterocycles. The molecule has 0 spiro atoms. The van der Waals surface area contributed by atoms with E-state index >= 15 is 0 Å². The number of carbonyl (C=O) groups is 1. The summed E-state index contributed by atoms with van der Waals surface area (Å²) in [7, 11) is 0. The van der Waals surface area contributed by atoms with Crippen LogP contribution in [0.4, 0.5) is 0 Å². The molecule has 2 N–H and O–H groups in total. The highest BCUT2D eigenvalue weighted by Crippen LogP contribution is 2.22. The molecule has 0 unspecified atom stereocenters. The van der Waals surface area contributed by atoms with Crippen LogP contribution in [0.1, 0.15) is 10.4 Å². The molecular weight excluding hydrogens is 284 g/mol. The van der Waals surface area contributed by atoms with Gasteiger partial charge in [-0.3, -0.25) is 9.20 Å². The molecule has 0 aliphatic heterocycles. The Hall–Kier alpha value is -2.67. The standard InChI is InChI=1S/C12H7ClN4O3/c13-7-4-6(12(19)20)5-17-10(7)15-16-11(17)8-2-1-3-9(18)14-8/h1-5H,(H,14,18)(H,19,20). The van der Waals surface area contributed by atoms with Gasteiger partial charge in [0.25, 0.3) is 0 Å². The number of pyridine rings is 2. The number of halogens is 1. The minimum Gasteiger partial charge on any atom is -0.478 e. The molecular formula is C12H7ClN4O3. The van der Waals surface area contributed by atoms with E-state index in [0.29, 0.717) is 17.2 Å². The molecule has 0 radical (unpaired) electrons. The summed E-state index contributed by atoms with van der Waals surface area (Å²) in [5, 5.41) is 17.0. The molecule has 0 saturated carbocycles. The van der Waals surface area contributed by atoms with Gasteiger partial charge in [-0.15, -0.1) is 10.2 Å². The highest BCUT2D eigenvalue weighted by molar-refractivity contribution is 6.33. The minimum absolute atomic E-state index is 0.00169. The molecule has 0 aliphatic carbocycles. The summed E-state index contributed by atoms with van der Waals surface area (Å²) in [4.78, 5) is 25.0. The zero-order chi connectivity index (χ0) is 14.3. The van der Waals surface area contributed by atoms with Crippen molar-refractivity contribution in [1.29, 1.82) is 0 Å². The number of carboxylic acids is 1. The summed E-state index contributed by atoms with van der Waals surface area (Å²) in [6.07, 6.45) is 1.35. The lowest BCUT2D eigenvalue weighted by Gasteiger charge is -2.02. The zero-order valence-corrected chi connectivity index (χ0v) is 10.6. The zero-order valence-electron chi connectivity index (χ0n) is 9.87. The van der Waals surface area contributed by atoms with Crippen molar-refractivity contribution in [2.75, 3.05) is 0 Å². The molecule has 3 aromatic rings. The van der Waals surface area contributed by atoms with Gasteiger partial charge in [-0.2, -0.15) is 0 Å². The Balaban J connectivity index is 2.32. The van der Waals surface area contributed by atoms with E-state index in [1.807, 2.05) is 0 Å². The van der Waals surface area contributed by atoms with E-state index in [1.54, 1.807) is 12.1 Å². The summed E-state index contributed by atoms with van der Waals surface area (Å²) in [5.41, 5.74) is 0.446. The average Bonchev–Trinajstić information content (AvgIpc) is 2.83. The predicted octanol–water partition coefficient (Wildman–Crippen LogP) is 1.44. The van der Waals surface area contributed by atoms with Gasteiger partial charge in [-0.1, -0.05) is 17.7 Å². The van der Waals surface area contributed by atoms with Crippen LogP contribution in [0.3, 0.4) is 0 Å². The number of fused-ring (bicyclic) bond motifs is 1. The van der Waals surface area contributed by atoms with Gasteiger partial charge in [0.2, 0.25) is 5.56 Å². The van der Waals surface area contributed by atoms with Crippen LogP contribution < -0.4 is 5.56 Å². The van der Waals surface area contributed by atoms with Crippen molar-refractivity contribution in [3.63, 3.8) is 0 Å². The Bertz CT molecular complexity index is 884. The fourth-order valence-electron chi connectivity index (χ4n) is 1.83. The lowest BCUT2D eigenvalue weighted by Crippen LogP contribution is -2.06. The second-order valence-electron chi connectivity index (χ2n) is 4.03. The lowest BCUT2D eigenvalue weighted by atomic mass is 10.3. The Morgan fingerprint density at radius 1 is 1.35 bits per heavy atom. The highest BCUT2D eigenvalue weighted by atomic mass is 35.5. The average molecular weight is 291 g/mol. The number of nitrogens with zero attached hydrogens (tertiary/aromatic N) is 3. The first kappa shape index (κ1) is 12.4. The van der Waals surface area contributed by atoms with Crippen LogP contribution in [0, 0.1) is 0 Å². The maximum atomic E-state index is 11.3. The van der Waals surface area contributed by atoms with Crippen LogP contribution in [-0.2, 0) is 0 Å². The van der Waals surface area contributed by atoms with E-state index in [-0.39, 0.29) is 16.1 Å². The number of aromatic nitrogens is 4. The summed E-state index contributed by atoms with van der Waals surface area (Å²) in [6.45, 7) is 0. The Kier molecular flexibility index (Phi) is 2.76. The minimum atomic E-state index is -1.12. The molecule has 0 saturated heterocycles. The highest BCUT2D eigenvalue weighted by Gasteiger charge is 2.14. The Morgan fingerprint density at radius 3 is 2.85 bits per heavy atom. The van der Waals surface area contributed by atoms with Gasteiger partial charge in [-0.25, -0.2) is 4.79 Å². The summed E-state index contributed by atoms with van der Waals surface area (Å²) in [6, 6.07) is 5.87. The maximum absolute atomic E-state index is 11.3. The number of carboxylic acid groups (broad SMARTS) is 1. The maximum Gasteiger partial charge on any atom is 0.337 e. The quantitative estimate of drug-likeness (QED) is 0.744. The molecule has 3 rings (SSSR count). The molecule has 8 heteroatoms. The molecule has 0 fully saturated rings. The number of hydrogen-bond donors (Lipinski definition) is 2. The van der Waals surface area contributed by atoms with Crippen LogP contribution in [0.15, 0.2) is 35.3 Å². The number of H-pyrrole nitrogens is 1. The summed E-state index contributed by atoms with van der Waals surface area (Å²) >= 11 is 5.98. The van der Waals surface area contributed by atoms with Gasteiger partial charge >= 0.3 is 5.97 Å². The third kappa shape index (κ3) is 1.94. The molecule has 0 atom stereocenters. The van der Waals surface area contributed by atoms with Crippen molar-refractivity contribution >= 4 is 23.2 Å². The number of nitrogens with one attached hydrogen (secondary N) is 1. The van der Waals surface area contributed by atoms with Gasteiger partial charge in [-0.05, 0) is 12.1 Å². The Labute approximate surface area is 116 Å². The molecule has 7 nitrogen and oxygen atoms in total. The molecule has 0 aromatic carbocycles. The number of hydrogen-bond acceptors (Lipinski definition) is 4. The third-order valence-corrected chi connectivity index (χ3v) is 2.99. The van der Waals surface area contributed by atoms with E-state index in [9.17, 15) is 9.59 Å². The van der Waals surface area contributed by atoms with Crippen LogP contribution in [0.25, 0.3) is 17.2 Å². The predicted molar refractivity (Wildman–Crippen MR) is 71.0 cm³/mol. The second-order valence-corrected chi connectivity index (χ2v) is 4.43. The normalized spacial score (nSPS) is 10.8. The molecule has 0 bridgehead atoms. The van der Waals surface area contributed by atoms with Crippen LogP contribution >= 0.6 is 11.6 Å². The van der Waals surface area contributed by atoms with Crippen LogP contribution in [-0.4, -0.2) is 30.7 Å². The molecule has 100 valence electrons. The van der Waals surface area contributed by atoms with Gasteiger partial charge in [0.1, 0.15) is 0 Å². The smallest absolute Gasteiger partial charge is 0.337 e. The number of rotatable bonds is 2. The molecule has 0 amide bonds. The number of aromatic carboxylic acids is 1. The fourth-order valence-corrected chi connectivity index (χ4v) is 2.08. The van der Waals surface area contributed by atoms with Crippen molar-refractivity contribution in [3.8, 4) is 11.5 Å². The van der Waals surface area contributed by atoms with E-state index in [0.717, 1.165) is 0 Å². The number of aromatic amines is 1. The molecule has 0 aliphatic rings. The second kappa shape index (κ2) is 4.46. The first-order valence-electron chi connectivity index (χ1n) is 5.53. The van der Waals surface area contributed by atoms with E-state index in [2.05, 4.69) is 15.2 Å². The summed E-state index contributed by atoms with van der Waals surface area (Å²) in [5.74, 6) is -0.808. The van der Waals surface area contributed by atoms with Crippen molar-refractivity contribution in [2.45, 2.75) is 0 Å². The first-order valence-corrected chi connectivity index (χ1v) is 5.91. The first-order chi connectivity index (χ1) is 9.56. The van der Waals surface area contributed by atoms with Crippen molar-refractivity contribution in [2.24, 2.45) is 0 Å². The van der Waals surface area contributed by atoms with Gasteiger partial charge in [0.05, 0.1) is 16.3 Å². The van der Waals surface area contributed by atoms with E-state index < -0.39 is 5.97 Å². The topological polar surface area (TPSA) is 100 Å². The van der Waals surface area contributed by atoms with Crippen molar-refractivity contribution in [3.05, 3.63) is 51.4 Å². The summed E-state index contributed by atoms with van der Waals surface area (Å²) < 4.78 is 1.43. The molecule has 3 aromatic heterocycles. The van der Waals surface area contributed by atoms with Crippen LogP contribution in [0.5, 0.6) is 0 Å². The Morgan fingerprint density at radius 2 is 2.15 bits per heavy atom. The largest absolute Gasteiger partial charge is 0.478 e. The van der Waals surface area contributed by atoms with Crippen molar-refractivity contribution < 1.29 is 9.90 Å².